The van der Waals surface area contributed by atoms with E-state index in [1.165, 1.54) is 0 Å². The molecule has 1 aromatic rings. The summed E-state index contributed by atoms with van der Waals surface area (Å²) in [5.74, 6) is 0.325. The average Bonchev–Trinajstić information content (AvgIpc) is 3.11. The van der Waals surface area contributed by atoms with E-state index in [0.717, 1.165) is 12.8 Å². The molecular formula is C14H19ClN2O2. The van der Waals surface area contributed by atoms with Gasteiger partial charge in [0.15, 0.2) is 0 Å². The van der Waals surface area contributed by atoms with Crippen molar-refractivity contribution < 1.29 is 9.90 Å². The first kappa shape index (κ1) is 14.3. The van der Waals surface area contributed by atoms with E-state index in [0.29, 0.717) is 23.2 Å². The average molecular weight is 283 g/mol. The third-order valence-corrected chi connectivity index (χ3v) is 3.42. The van der Waals surface area contributed by atoms with Gasteiger partial charge in [0.25, 0.3) is 0 Å². The number of benzene rings is 1. The van der Waals surface area contributed by atoms with Crippen molar-refractivity contribution >= 4 is 23.2 Å². The fraction of sp³-hybridized carbons (Fsp3) is 0.500. The third-order valence-electron chi connectivity index (χ3n) is 3.19. The molecule has 0 spiro atoms. The Bertz CT molecular complexity index is 449. The van der Waals surface area contributed by atoms with Crippen LogP contribution in [0.4, 0.5) is 5.69 Å². The maximum absolute atomic E-state index is 11.8. The minimum absolute atomic E-state index is 0.104. The predicted molar refractivity (Wildman–Crippen MR) is 76.3 cm³/mol. The molecule has 0 aromatic heterocycles. The lowest BCUT2D eigenvalue weighted by atomic mass is 10.2. The number of anilines is 1. The molecule has 0 heterocycles. The normalized spacial score (nSPS) is 16.4. The van der Waals surface area contributed by atoms with Crippen LogP contribution in [-0.4, -0.2) is 42.2 Å². The van der Waals surface area contributed by atoms with E-state index >= 15 is 0 Å². The van der Waals surface area contributed by atoms with Crippen molar-refractivity contribution in [3.05, 3.63) is 29.3 Å². The molecule has 1 aliphatic rings. The van der Waals surface area contributed by atoms with Gasteiger partial charge < -0.3 is 10.4 Å². The second-order valence-corrected chi connectivity index (χ2v) is 5.60. The largest absolute Gasteiger partial charge is 0.392 e. The van der Waals surface area contributed by atoms with Crippen LogP contribution in [-0.2, 0) is 4.79 Å². The maximum atomic E-state index is 11.8. The van der Waals surface area contributed by atoms with Crippen molar-refractivity contribution in [1.29, 1.82) is 0 Å². The lowest BCUT2D eigenvalue weighted by Gasteiger charge is -2.19. The number of likely N-dealkylation sites (N-methyl/N-ethyl adjacent to an activating group) is 1. The van der Waals surface area contributed by atoms with Gasteiger partial charge in [-0.3, -0.25) is 9.69 Å². The van der Waals surface area contributed by atoms with E-state index < -0.39 is 0 Å². The van der Waals surface area contributed by atoms with Crippen LogP contribution in [0.2, 0.25) is 5.02 Å². The molecule has 1 saturated carbocycles. The number of rotatable bonds is 6. The summed E-state index contributed by atoms with van der Waals surface area (Å²) in [5, 5.41) is 13.2. The molecule has 0 aliphatic heterocycles. The van der Waals surface area contributed by atoms with Gasteiger partial charge in [-0.15, -0.1) is 0 Å². The number of hydrogen-bond acceptors (Lipinski definition) is 3. The van der Waals surface area contributed by atoms with Gasteiger partial charge >= 0.3 is 0 Å². The van der Waals surface area contributed by atoms with Gasteiger partial charge in [-0.25, -0.2) is 0 Å². The zero-order valence-corrected chi connectivity index (χ0v) is 11.7. The quantitative estimate of drug-likeness (QED) is 0.839. The van der Waals surface area contributed by atoms with Gasteiger partial charge in [-0.05, 0) is 44.0 Å². The Morgan fingerprint density at radius 2 is 2.32 bits per heavy atom. The van der Waals surface area contributed by atoms with Crippen LogP contribution in [0, 0.1) is 5.92 Å². The highest BCUT2D eigenvalue weighted by atomic mass is 35.5. The van der Waals surface area contributed by atoms with Crippen LogP contribution in [0.25, 0.3) is 0 Å². The molecule has 19 heavy (non-hydrogen) atoms. The Balaban J connectivity index is 1.76. The molecule has 2 N–H and O–H groups in total. The van der Waals surface area contributed by atoms with Crippen LogP contribution in [0.5, 0.6) is 0 Å². The van der Waals surface area contributed by atoms with Gasteiger partial charge in [0, 0.05) is 17.3 Å². The molecule has 0 radical (unpaired) electrons. The lowest BCUT2D eigenvalue weighted by Crippen LogP contribution is -2.36. The summed E-state index contributed by atoms with van der Waals surface area (Å²) in [6.45, 7) is 0.796. The summed E-state index contributed by atoms with van der Waals surface area (Å²) in [5.41, 5.74) is 0.689. The van der Waals surface area contributed by atoms with Gasteiger partial charge in [0.05, 0.1) is 12.6 Å². The lowest BCUT2D eigenvalue weighted by molar-refractivity contribution is -0.117. The fourth-order valence-electron chi connectivity index (χ4n) is 2.03. The van der Waals surface area contributed by atoms with Crippen LogP contribution < -0.4 is 5.32 Å². The zero-order chi connectivity index (χ0) is 13.8. The number of nitrogens with one attached hydrogen (secondary N) is 1. The van der Waals surface area contributed by atoms with Crippen molar-refractivity contribution in [2.45, 2.75) is 18.9 Å². The number of amides is 1. The van der Waals surface area contributed by atoms with Crippen LogP contribution in [0.3, 0.4) is 0 Å². The molecule has 1 fully saturated rings. The smallest absolute Gasteiger partial charge is 0.238 e. The van der Waals surface area contributed by atoms with E-state index in [1.807, 2.05) is 11.9 Å². The summed E-state index contributed by atoms with van der Waals surface area (Å²) in [6.07, 6.45) is 1.89. The molecule has 5 heteroatoms. The molecule has 0 saturated heterocycles. The highest BCUT2D eigenvalue weighted by Gasteiger charge is 2.30. The van der Waals surface area contributed by atoms with Crippen LogP contribution in [0.1, 0.15) is 12.8 Å². The number of aliphatic hydroxyl groups excluding tert-OH is 1. The molecule has 0 bridgehead atoms. The van der Waals surface area contributed by atoms with Gasteiger partial charge in [0.2, 0.25) is 5.91 Å². The number of aliphatic hydroxyl groups is 1. The molecule has 1 aromatic carbocycles. The van der Waals surface area contributed by atoms with Gasteiger partial charge in [0.1, 0.15) is 0 Å². The van der Waals surface area contributed by atoms with Crippen molar-refractivity contribution in [2.24, 2.45) is 5.92 Å². The van der Waals surface area contributed by atoms with Crippen LogP contribution in [0.15, 0.2) is 24.3 Å². The fourth-order valence-corrected chi connectivity index (χ4v) is 2.22. The Morgan fingerprint density at radius 1 is 1.58 bits per heavy atom. The molecule has 4 nitrogen and oxygen atoms in total. The van der Waals surface area contributed by atoms with E-state index in [1.54, 1.807) is 24.3 Å². The Hall–Kier alpha value is -1.10. The molecule has 104 valence electrons. The first-order chi connectivity index (χ1) is 9.04. The summed E-state index contributed by atoms with van der Waals surface area (Å²) in [4.78, 5) is 13.7. The third kappa shape index (κ3) is 4.82. The standard InChI is InChI=1S/C14H19ClN2O2/c1-17(8-13(18)10-5-6-10)9-14(19)16-12-4-2-3-11(15)7-12/h2-4,7,10,13,18H,5-6,8-9H2,1H3,(H,16,19). The molecular weight excluding hydrogens is 264 g/mol. The maximum Gasteiger partial charge on any atom is 0.238 e. The second kappa shape index (κ2) is 6.37. The van der Waals surface area contributed by atoms with E-state index in [9.17, 15) is 9.90 Å². The zero-order valence-electron chi connectivity index (χ0n) is 11.0. The van der Waals surface area contributed by atoms with Crippen molar-refractivity contribution in [2.75, 3.05) is 25.5 Å². The molecule has 1 unspecified atom stereocenters. The topological polar surface area (TPSA) is 52.6 Å². The molecule has 1 aliphatic carbocycles. The molecule has 1 atom stereocenters. The summed E-state index contributed by atoms with van der Waals surface area (Å²) in [6, 6.07) is 7.05. The predicted octanol–water partition coefficient (Wildman–Crippen LogP) is 1.98. The number of nitrogens with zero attached hydrogens (tertiary/aromatic N) is 1. The first-order valence-electron chi connectivity index (χ1n) is 6.46. The molecule has 2 rings (SSSR count). The van der Waals surface area contributed by atoms with E-state index in [-0.39, 0.29) is 18.6 Å². The summed E-state index contributed by atoms with van der Waals surface area (Å²) in [7, 11) is 1.84. The molecule has 1 amide bonds. The Kier molecular flexibility index (Phi) is 4.80. The van der Waals surface area contributed by atoms with Crippen LogP contribution >= 0.6 is 11.6 Å². The highest BCUT2D eigenvalue weighted by Crippen LogP contribution is 2.32. The van der Waals surface area contributed by atoms with Gasteiger partial charge in [-0.2, -0.15) is 0 Å². The Morgan fingerprint density at radius 3 is 2.95 bits per heavy atom. The van der Waals surface area contributed by atoms with Crippen molar-refractivity contribution in [3.8, 4) is 0 Å². The number of halogens is 1. The number of carbonyl (C=O) groups excluding carboxylic acids is 1. The minimum atomic E-state index is -0.316. The first-order valence-corrected chi connectivity index (χ1v) is 6.84. The van der Waals surface area contributed by atoms with Crippen molar-refractivity contribution in [1.82, 2.24) is 4.90 Å². The summed E-state index contributed by atoms with van der Waals surface area (Å²) < 4.78 is 0. The SMILES string of the molecule is CN(CC(=O)Nc1cccc(Cl)c1)CC(O)C1CC1. The Labute approximate surface area is 118 Å². The summed E-state index contributed by atoms with van der Waals surface area (Å²) >= 11 is 5.85. The van der Waals surface area contributed by atoms with E-state index in [2.05, 4.69) is 5.32 Å². The number of hydrogen-bond donors (Lipinski definition) is 2. The monoisotopic (exact) mass is 282 g/mol. The minimum Gasteiger partial charge on any atom is -0.392 e. The second-order valence-electron chi connectivity index (χ2n) is 5.16. The van der Waals surface area contributed by atoms with Crippen molar-refractivity contribution in [3.63, 3.8) is 0 Å². The van der Waals surface area contributed by atoms with E-state index in [4.69, 9.17) is 11.6 Å². The van der Waals surface area contributed by atoms with Gasteiger partial charge in [-0.1, -0.05) is 17.7 Å². The highest BCUT2D eigenvalue weighted by molar-refractivity contribution is 6.30. The number of carbonyl (C=O) groups is 1.